The summed E-state index contributed by atoms with van der Waals surface area (Å²) in [5, 5.41) is 2.36. The minimum absolute atomic E-state index is 0.197. The van der Waals surface area contributed by atoms with Crippen LogP contribution in [0.25, 0.3) is 0 Å². The molecule has 0 saturated carbocycles. The zero-order chi connectivity index (χ0) is 11.2. The SMILES string of the molecule is O=C1CC2(COCc3ccccc32)C(=O)N1. The van der Waals surface area contributed by atoms with Gasteiger partial charge in [0, 0.05) is 6.42 Å². The third kappa shape index (κ3) is 1.13. The number of hydrogen-bond donors (Lipinski definition) is 1. The molecule has 4 heteroatoms. The first kappa shape index (κ1) is 9.54. The zero-order valence-electron chi connectivity index (χ0n) is 8.66. The molecule has 2 amide bonds. The number of fused-ring (bicyclic) bond motifs is 2. The predicted octanol–water partition coefficient (Wildman–Crippen LogP) is 0.501. The van der Waals surface area contributed by atoms with Crippen LogP contribution in [0.15, 0.2) is 24.3 Å². The Morgan fingerprint density at radius 3 is 2.81 bits per heavy atom. The van der Waals surface area contributed by atoms with Crippen LogP contribution in [-0.2, 0) is 26.3 Å². The van der Waals surface area contributed by atoms with Gasteiger partial charge in [-0.2, -0.15) is 0 Å². The Morgan fingerprint density at radius 1 is 1.25 bits per heavy atom. The van der Waals surface area contributed by atoms with E-state index in [0.29, 0.717) is 13.2 Å². The van der Waals surface area contributed by atoms with Crippen LogP contribution < -0.4 is 5.32 Å². The van der Waals surface area contributed by atoms with Gasteiger partial charge in [0.05, 0.1) is 13.2 Å². The second-order valence-electron chi connectivity index (χ2n) is 4.29. The highest BCUT2D eigenvalue weighted by Gasteiger charge is 2.50. The molecule has 1 saturated heterocycles. The van der Waals surface area contributed by atoms with Crippen LogP contribution in [0.2, 0.25) is 0 Å². The van der Waals surface area contributed by atoms with E-state index in [1.807, 2.05) is 24.3 Å². The van der Waals surface area contributed by atoms with E-state index < -0.39 is 5.41 Å². The summed E-state index contributed by atoms with van der Waals surface area (Å²) in [5.74, 6) is -0.449. The number of hydrogen-bond acceptors (Lipinski definition) is 3. The standard InChI is InChI=1S/C12H11NO3/c14-10-5-12(11(15)13-10)7-16-6-8-3-1-2-4-9(8)12/h1-4H,5-7H2,(H,13,14,15). The lowest BCUT2D eigenvalue weighted by atomic mass is 9.76. The largest absolute Gasteiger partial charge is 0.375 e. The van der Waals surface area contributed by atoms with E-state index in [1.165, 1.54) is 0 Å². The molecule has 3 rings (SSSR count). The Balaban J connectivity index is 2.17. The van der Waals surface area contributed by atoms with Crippen LogP contribution in [0.4, 0.5) is 0 Å². The van der Waals surface area contributed by atoms with Crippen LogP contribution in [0.3, 0.4) is 0 Å². The number of imide groups is 1. The van der Waals surface area contributed by atoms with Gasteiger partial charge in [-0.05, 0) is 11.1 Å². The Bertz CT molecular complexity index is 483. The van der Waals surface area contributed by atoms with Crippen LogP contribution in [0, 0.1) is 0 Å². The number of carbonyl (C=O) groups excluding carboxylic acids is 2. The molecule has 2 aliphatic heterocycles. The van der Waals surface area contributed by atoms with Gasteiger partial charge in [0.2, 0.25) is 11.8 Å². The van der Waals surface area contributed by atoms with Gasteiger partial charge in [0.1, 0.15) is 5.41 Å². The molecule has 0 aliphatic carbocycles. The molecule has 2 heterocycles. The van der Waals surface area contributed by atoms with Crippen molar-refractivity contribution in [3.8, 4) is 0 Å². The van der Waals surface area contributed by atoms with Crippen molar-refractivity contribution in [2.24, 2.45) is 0 Å². The van der Waals surface area contributed by atoms with Crippen molar-refractivity contribution in [2.75, 3.05) is 6.61 Å². The molecular weight excluding hydrogens is 206 g/mol. The second kappa shape index (κ2) is 3.15. The number of carbonyl (C=O) groups is 2. The van der Waals surface area contributed by atoms with E-state index in [0.717, 1.165) is 11.1 Å². The Kier molecular flexibility index (Phi) is 1.88. The zero-order valence-corrected chi connectivity index (χ0v) is 8.66. The maximum absolute atomic E-state index is 11.9. The van der Waals surface area contributed by atoms with Crippen molar-refractivity contribution in [2.45, 2.75) is 18.4 Å². The monoisotopic (exact) mass is 217 g/mol. The maximum atomic E-state index is 11.9. The highest BCUT2D eigenvalue weighted by atomic mass is 16.5. The summed E-state index contributed by atoms with van der Waals surface area (Å²) in [7, 11) is 0. The Hall–Kier alpha value is -1.68. The smallest absolute Gasteiger partial charge is 0.240 e. The molecule has 1 unspecified atom stereocenters. The number of nitrogens with one attached hydrogen (secondary N) is 1. The summed E-state index contributed by atoms with van der Waals surface area (Å²) in [6.45, 7) is 0.807. The Morgan fingerprint density at radius 2 is 2.06 bits per heavy atom. The van der Waals surface area contributed by atoms with E-state index in [4.69, 9.17) is 4.74 Å². The molecule has 2 aliphatic rings. The summed E-state index contributed by atoms with van der Waals surface area (Å²) in [4.78, 5) is 23.3. The van der Waals surface area contributed by atoms with Gasteiger partial charge in [-0.3, -0.25) is 14.9 Å². The van der Waals surface area contributed by atoms with Gasteiger partial charge in [-0.1, -0.05) is 24.3 Å². The predicted molar refractivity (Wildman–Crippen MR) is 55.5 cm³/mol. The van der Waals surface area contributed by atoms with Crippen LogP contribution in [0.1, 0.15) is 17.5 Å². The molecule has 16 heavy (non-hydrogen) atoms. The van der Waals surface area contributed by atoms with E-state index in [-0.39, 0.29) is 18.2 Å². The van der Waals surface area contributed by atoms with Gasteiger partial charge in [0.15, 0.2) is 0 Å². The quantitative estimate of drug-likeness (QED) is 0.644. The van der Waals surface area contributed by atoms with Crippen molar-refractivity contribution in [3.05, 3.63) is 35.4 Å². The van der Waals surface area contributed by atoms with Crippen LogP contribution in [-0.4, -0.2) is 18.4 Å². The molecular formula is C12H11NO3. The second-order valence-corrected chi connectivity index (χ2v) is 4.29. The fraction of sp³-hybridized carbons (Fsp3) is 0.333. The highest BCUT2D eigenvalue weighted by Crippen LogP contribution is 2.38. The minimum Gasteiger partial charge on any atom is -0.375 e. The fourth-order valence-electron chi connectivity index (χ4n) is 2.50. The van der Waals surface area contributed by atoms with E-state index in [2.05, 4.69) is 5.32 Å². The van der Waals surface area contributed by atoms with Crippen molar-refractivity contribution >= 4 is 11.8 Å². The summed E-state index contributed by atoms with van der Waals surface area (Å²) >= 11 is 0. The van der Waals surface area contributed by atoms with Crippen molar-refractivity contribution in [3.63, 3.8) is 0 Å². The van der Waals surface area contributed by atoms with Crippen LogP contribution in [0.5, 0.6) is 0 Å². The first-order chi connectivity index (χ1) is 7.72. The lowest BCUT2D eigenvalue weighted by Crippen LogP contribution is -2.43. The lowest BCUT2D eigenvalue weighted by Gasteiger charge is -2.32. The third-order valence-electron chi connectivity index (χ3n) is 3.29. The van der Waals surface area contributed by atoms with Gasteiger partial charge < -0.3 is 4.74 Å². The maximum Gasteiger partial charge on any atom is 0.240 e. The highest BCUT2D eigenvalue weighted by molar-refractivity contribution is 6.09. The first-order valence-corrected chi connectivity index (χ1v) is 5.23. The molecule has 0 bridgehead atoms. The molecule has 1 atom stereocenters. The minimum atomic E-state index is -0.786. The number of rotatable bonds is 0. The molecule has 1 aromatic carbocycles. The third-order valence-corrected chi connectivity index (χ3v) is 3.29. The summed E-state index contributed by atoms with van der Waals surface area (Å²) in [6, 6.07) is 7.65. The number of amides is 2. The number of benzene rings is 1. The average Bonchev–Trinajstić information content (AvgIpc) is 2.55. The topological polar surface area (TPSA) is 55.4 Å². The molecule has 0 radical (unpaired) electrons. The van der Waals surface area contributed by atoms with E-state index >= 15 is 0 Å². The summed E-state index contributed by atoms with van der Waals surface area (Å²) < 4.78 is 5.44. The molecule has 4 nitrogen and oxygen atoms in total. The molecule has 1 spiro atoms. The molecule has 0 aromatic heterocycles. The van der Waals surface area contributed by atoms with Gasteiger partial charge in [-0.15, -0.1) is 0 Å². The van der Waals surface area contributed by atoms with Crippen molar-refractivity contribution < 1.29 is 14.3 Å². The Labute approximate surface area is 92.6 Å². The molecule has 1 aromatic rings. The van der Waals surface area contributed by atoms with Gasteiger partial charge in [0.25, 0.3) is 0 Å². The van der Waals surface area contributed by atoms with Gasteiger partial charge in [-0.25, -0.2) is 0 Å². The van der Waals surface area contributed by atoms with E-state index in [9.17, 15) is 9.59 Å². The lowest BCUT2D eigenvalue weighted by molar-refractivity contribution is -0.128. The number of ether oxygens (including phenoxy) is 1. The first-order valence-electron chi connectivity index (χ1n) is 5.23. The van der Waals surface area contributed by atoms with Gasteiger partial charge >= 0.3 is 0 Å². The van der Waals surface area contributed by atoms with Crippen molar-refractivity contribution in [1.82, 2.24) is 5.32 Å². The summed E-state index contributed by atoms with van der Waals surface area (Å²) in [5.41, 5.74) is 1.15. The molecule has 1 fully saturated rings. The van der Waals surface area contributed by atoms with Crippen LogP contribution >= 0.6 is 0 Å². The molecule has 1 N–H and O–H groups in total. The fourth-order valence-corrected chi connectivity index (χ4v) is 2.50. The normalized spacial score (nSPS) is 28.0. The van der Waals surface area contributed by atoms with Crippen molar-refractivity contribution in [1.29, 1.82) is 0 Å². The summed E-state index contributed by atoms with van der Waals surface area (Å²) in [6.07, 6.45) is 0.197. The molecule has 82 valence electrons. The van der Waals surface area contributed by atoms with E-state index in [1.54, 1.807) is 0 Å². The average molecular weight is 217 g/mol.